The monoisotopic (exact) mass is 310 g/mol. The summed E-state index contributed by atoms with van der Waals surface area (Å²) in [5.74, 6) is 0. The second-order valence-electron chi connectivity index (χ2n) is 6.62. The first-order chi connectivity index (χ1) is 8.32. The maximum absolute atomic E-state index is 3.68. The first-order valence-corrected chi connectivity index (χ1v) is 7.34. The van der Waals surface area contributed by atoms with Gasteiger partial charge < -0.3 is 10.2 Å². The average Bonchev–Trinajstić information content (AvgIpc) is 2.36. The van der Waals surface area contributed by atoms with Crippen LogP contribution >= 0.6 is 15.9 Å². The Morgan fingerprint density at radius 1 is 1.11 bits per heavy atom. The van der Waals surface area contributed by atoms with E-state index < -0.39 is 0 Å². The number of anilines is 1. The maximum atomic E-state index is 3.68. The van der Waals surface area contributed by atoms with Crippen molar-refractivity contribution in [1.82, 2.24) is 5.32 Å². The quantitative estimate of drug-likeness (QED) is 0.851. The van der Waals surface area contributed by atoms with Gasteiger partial charge in [-0.15, -0.1) is 0 Å². The summed E-state index contributed by atoms with van der Waals surface area (Å²) in [5.41, 5.74) is 1.69. The third-order valence-corrected chi connectivity index (χ3v) is 4.29. The van der Waals surface area contributed by atoms with Crippen molar-refractivity contribution in [2.75, 3.05) is 24.5 Å². The van der Waals surface area contributed by atoms with Crippen LogP contribution in [0.1, 0.15) is 27.7 Å². The molecule has 0 radical (unpaired) electrons. The summed E-state index contributed by atoms with van der Waals surface area (Å²) in [4.78, 5) is 2.52. The van der Waals surface area contributed by atoms with E-state index in [-0.39, 0.29) is 11.0 Å². The van der Waals surface area contributed by atoms with Crippen LogP contribution < -0.4 is 10.2 Å². The van der Waals surface area contributed by atoms with E-state index in [4.69, 9.17) is 0 Å². The first kappa shape index (κ1) is 13.9. The van der Waals surface area contributed by atoms with Crippen LogP contribution in [0, 0.1) is 5.41 Å². The van der Waals surface area contributed by atoms with Gasteiger partial charge in [0.05, 0.1) is 5.69 Å². The molecule has 18 heavy (non-hydrogen) atoms. The Morgan fingerprint density at radius 2 is 1.78 bits per heavy atom. The van der Waals surface area contributed by atoms with Crippen molar-refractivity contribution < 1.29 is 0 Å². The van der Waals surface area contributed by atoms with Crippen molar-refractivity contribution in [3.05, 3.63) is 28.7 Å². The van der Waals surface area contributed by atoms with Gasteiger partial charge >= 0.3 is 0 Å². The van der Waals surface area contributed by atoms with Crippen LogP contribution in [0.25, 0.3) is 0 Å². The molecule has 0 aliphatic carbocycles. The van der Waals surface area contributed by atoms with Gasteiger partial charge in [0.25, 0.3) is 0 Å². The average molecular weight is 311 g/mol. The summed E-state index contributed by atoms with van der Waals surface area (Å²) in [5, 5.41) is 3.59. The zero-order chi connectivity index (χ0) is 13.4. The lowest BCUT2D eigenvalue weighted by Crippen LogP contribution is -2.50. The summed E-state index contributed by atoms with van der Waals surface area (Å²) in [6.07, 6.45) is 0. The summed E-state index contributed by atoms with van der Waals surface area (Å²) in [6.45, 7) is 12.4. The molecule has 1 saturated heterocycles. The van der Waals surface area contributed by atoms with E-state index in [2.05, 4.69) is 78.1 Å². The van der Waals surface area contributed by atoms with Gasteiger partial charge in [-0.3, -0.25) is 0 Å². The zero-order valence-electron chi connectivity index (χ0n) is 11.8. The second-order valence-corrected chi connectivity index (χ2v) is 7.47. The van der Waals surface area contributed by atoms with Crippen molar-refractivity contribution in [3.63, 3.8) is 0 Å². The molecule has 1 aliphatic heterocycles. The molecular formula is C15H23BrN2. The van der Waals surface area contributed by atoms with Gasteiger partial charge in [0, 0.05) is 29.6 Å². The molecule has 0 unspecified atom stereocenters. The number of nitrogens with one attached hydrogen (secondary N) is 1. The fraction of sp³-hybridized carbons (Fsp3) is 0.600. The Bertz CT molecular complexity index is 426. The molecule has 0 amide bonds. The number of nitrogens with zero attached hydrogens (tertiary/aromatic N) is 1. The number of rotatable bonds is 1. The van der Waals surface area contributed by atoms with Crippen LogP contribution in [0.3, 0.4) is 0 Å². The van der Waals surface area contributed by atoms with Crippen LogP contribution in [0.5, 0.6) is 0 Å². The molecule has 0 atom stereocenters. The molecule has 100 valence electrons. The van der Waals surface area contributed by atoms with E-state index in [0.717, 1.165) is 19.6 Å². The molecule has 2 nitrogen and oxygen atoms in total. The Hall–Kier alpha value is -0.540. The molecule has 2 rings (SSSR count). The fourth-order valence-corrected chi connectivity index (χ4v) is 3.08. The fourth-order valence-electron chi connectivity index (χ4n) is 2.58. The lowest BCUT2D eigenvalue weighted by molar-refractivity contribution is 0.365. The van der Waals surface area contributed by atoms with Gasteiger partial charge in [-0.05, 0) is 47.3 Å². The van der Waals surface area contributed by atoms with E-state index in [9.17, 15) is 0 Å². The van der Waals surface area contributed by atoms with E-state index in [1.165, 1.54) is 10.2 Å². The van der Waals surface area contributed by atoms with Crippen LogP contribution in [0.4, 0.5) is 5.69 Å². The smallest absolute Gasteiger partial charge is 0.0515 e. The third-order valence-electron chi connectivity index (χ3n) is 3.62. The lowest BCUT2D eigenvalue weighted by atomic mass is 9.91. The highest BCUT2D eigenvalue weighted by molar-refractivity contribution is 9.10. The number of benzene rings is 1. The summed E-state index contributed by atoms with van der Waals surface area (Å²) in [6, 6.07) is 8.51. The van der Waals surface area contributed by atoms with Crippen LogP contribution in [-0.2, 0) is 0 Å². The molecule has 0 spiro atoms. The molecule has 0 bridgehead atoms. The minimum absolute atomic E-state index is 0.123. The van der Waals surface area contributed by atoms with Gasteiger partial charge in [0.15, 0.2) is 0 Å². The van der Waals surface area contributed by atoms with E-state index >= 15 is 0 Å². The number of hydrogen-bond acceptors (Lipinski definition) is 2. The molecule has 1 aromatic carbocycles. The summed E-state index contributed by atoms with van der Waals surface area (Å²) >= 11 is 3.68. The van der Waals surface area contributed by atoms with E-state index in [1.54, 1.807) is 0 Å². The van der Waals surface area contributed by atoms with E-state index in [0.29, 0.717) is 0 Å². The Balaban J connectivity index is 2.41. The minimum Gasteiger partial charge on any atom is -0.364 e. The molecule has 1 fully saturated rings. The van der Waals surface area contributed by atoms with Crippen molar-refractivity contribution >= 4 is 21.6 Å². The predicted molar refractivity (Wildman–Crippen MR) is 82.2 cm³/mol. The van der Waals surface area contributed by atoms with Gasteiger partial charge in [-0.2, -0.15) is 0 Å². The number of hydrogen-bond donors (Lipinski definition) is 1. The van der Waals surface area contributed by atoms with Crippen molar-refractivity contribution in [2.24, 2.45) is 5.41 Å². The molecular weight excluding hydrogens is 288 g/mol. The maximum Gasteiger partial charge on any atom is 0.0515 e. The topological polar surface area (TPSA) is 15.3 Å². The largest absolute Gasteiger partial charge is 0.364 e. The second kappa shape index (κ2) is 4.86. The molecule has 3 heteroatoms. The first-order valence-electron chi connectivity index (χ1n) is 6.55. The van der Waals surface area contributed by atoms with Gasteiger partial charge in [0.2, 0.25) is 0 Å². The molecule has 1 N–H and O–H groups in total. The Morgan fingerprint density at radius 3 is 2.44 bits per heavy atom. The minimum atomic E-state index is 0.123. The van der Waals surface area contributed by atoms with E-state index in [1.807, 2.05) is 0 Å². The van der Waals surface area contributed by atoms with Gasteiger partial charge in [0.1, 0.15) is 0 Å². The molecule has 0 aromatic heterocycles. The van der Waals surface area contributed by atoms with Crippen LogP contribution in [-0.4, -0.2) is 25.2 Å². The summed E-state index contributed by atoms with van der Waals surface area (Å²) in [7, 11) is 0. The molecule has 1 heterocycles. The predicted octanol–water partition coefficient (Wildman–Crippen LogP) is 3.66. The van der Waals surface area contributed by atoms with Crippen molar-refractivity contribution in [2.45, 2.75) is 33.2 Å². The van der Waals surface area contributed by atoms with Gasteiger partial charge in [-0.25, -0.2) is 0 Å². The SMILES string of the molecule is CC1(C)CNCC(C)(C)N(c2ccccc2Br)C1. The number of halogens is 1. The van der Waals surface area contributed by atoms with Gasteiger partial charge in [-0.1, -0.05) is 26.0 Å². The summed E-state index contributed by atoms with van der Waals surface area (Å²) < 4.78 is 1.18. The Labute approximate surface area is 119 Å². The molecule has 1 aromatic rings. The van der Waals surface area contributed by atoms with Crippen molar-refractivity contribution in [3.8, 4) is 0 Å². The van der Waals surface area contributed by atoms with Crippen molar-refractivity contribution in [1.29, 1.82) is 0 Å². The van der Waals surface area contributed by atoms with Crippen LogP contribution in [0.15, 0.2) is 28.7 Å². The molecule has 1 aliphatic rings. The number of para-hydroxylation sites is 1. The third kappa shape index (κ3) is 2.89. The molecule has 0 saturated carbocycles. The standard InChI is InChI=1S/C15H23BrN2/c1-14(2)9-17-10-15(3,4)18(11-14)13-8-6-5-7-12(13)16/h5-8,17H,9-11H2,1-4H3. The Kier molecular flexibility index (Phi) is 3.75. The van der Waals surface area contributed by atoms with Crippen LogP contribution in [0.2, 0.25) is 0 Å². The highest BCUT2D eigenvalue weighted by Gasteiger charge is 2.35. The highest BCUT2D eigenvalue weighted by Crippen LogP contribution is 2.35. The highest BCUT2D eigenvalue weighted by atomic mass is 79.9. The zero-order valence-corrected chi connectivity index (χ0v) is 13.3. The lowest BCUT2D eigenvalue weighted by Gasteiger charge is -2.41. The normalized spacial score (nSPS) is 22.6.